The summed E-state index contributed by atoms with van der Waals surface area (Å²) < 4.78 is 0. The zero-order valence-electron chi connectivity index (χ0n) is 9.87. The minimum atomic E-state index is 0.435. The Bertz CT molecular complexity index is 302. The molecule has 0 radical (unpaired) electrons. The van der Waals surface area contributed by atoms with Crippen molar-refractivity contribution in [2.24, 2.45) is 0 Å². The summed E-state index contributed by atoms with van der Waals surface area (Å²) in [5.74, 6) is 0. The smallest absolute Gasteiger partial charge is 0.00922 e. The first-order chi connectivity index (χ1) is 7.27. The molecule has 0 amide bonds. The van der Waals surface area contributed by atoms with Gasteiger partial charge in [0.25, 0.3) is 0 Å². The quantitative estimate of drug-likeness (QED) is 0.730. The van der Waals surface area contributed by atoms with Crippen LogP contribution in [0.2, 0.25) is 0 Å². The maximum atomic E-state index is 2.46. The minimum Gasteiger partial charge on any atom is -0.305 e. The number of likely N-dealkylation sites (tertiary alicyclic amines) is 1. The molecule has 0 unspecified atom stereocenters. The fraction of sp³-hybridized carbons (Fsp3) is 0.571. The Balaban J connectivity index is 2.27. The molecule has 0 aliphatic carbocycles. The van der Waals surface area contributed by atoms with E-state index in [1.54, 1.807) is 0 Å². The van der Waals surface area contributed by atoms with E-state index in [0.29, 0.717) is 5.41 Å². The fourth-order valence-electron chi connectivity index (χ4n) is 2.93. The van der Waals surface area contributed by atoms with Crippen molar-refractivity contribution in [2.45, 2.75) is 31.6 Å². The molecule has 0 bridgehead atoms. The molecule has 0 N–H and O–H groups in total. The normalized spacial score (nSPS) is 27.1. The van der Waals surface area contributed by atoms with Crippen molar-refractivity contribution in [3.05, 3.63) is 35.9 Å². The second-order valence-corrected chi connectivity index (χ2v) is 4.88. The topological polar surface area (TPSA) is 3.24 Å². The molecule has 1 atom stereocenters. The number of rotatable bonds is 3. The summed E-state index contributed by atoms with van der Waals surface area (Å²) in [6.07, 6.45) is 3.92. The molecule has 0 saturated carbocycles. The van der Waals surface area contributed by atoms with E-state index in [4.69, 9.17) is 0 Å². The fourth-order valence-corrected chi connectivity index (χ4v) is 2.93. The molecule has 2 rings (SSSR count). The van der Waals surface area contributed by atoms with Crippen LogP contribution in [0.1, 0.15) is 31.7 Å². The average Bonchev–Trinajstić information content (AvgIpc) is 2.63. The second kappa shape index (κ2) is 4.36. The third-order valence-corrected chi connectivity index (χ3v) is 3.66. The van der Waals surface area contributed by atoms with E-state index in [9.17, 15) is 0 Å². The standard InChI is InChI=1S/C14H21N/c1-3-9-14(10-11-15(2)12-14)13-7-5-4-6-8-13/h4-8H,3,9-12H2,1-2H3/t14-/m1/s1. The van der Waals surface area contributed by atoms with Gasteiger partial charge in [-0.1, -0.05) is 43.7 Å². The van der Waals surface area contributed by atoms with E-state index in [1.807, 2.05) is 0 Å². The molecular formula is C14H21N. The highest BCUT2D eigenvalue weighted by molar-refractivity contribution is 5.27. The lowest BCUT2D eigenvalue weighted by Crippen LogP contribution is -2.29. The van der Waals surface area contributed by atoms with Gasteiger partial charge in [-0.05, 0) is 32.0 Å². The molecule has 0 aromatic heterocycles. The SMILES string of the molecule is CCC[C@@]1(c2ccccc2)CCN(C)C1. The highest BCUT2D eigenvalue weighted by atomic mass is 15.1. The van der Waals surface area contributed by atoms with Gasteiger partial charge in [-0.2, -0.15) is 0 Å². The van der Waals surface area contributed by atoms with E-state index < -0.39 is 0 Å². The van der Waals surface area contributed by atoms with Crippen molar-refractivity contribution in [1.82, 2.24) is 4.90 Å². The Morgan fingerprint density at radius 3 is 2.53 bits per heavy atom. The maximum Gasteiger partial charge on any atom is 0.00922 e. The highest BCUT2D eigenvalue weighted by Gasteiger charge is 2.36. The summed E-state index contributed by atoms with van der Waals surface area (Å²) in [7, 11) is 2.24. The molecule has 1 aromatic rings. The zero-order chi connectivity index (χ0) is 10.7. The Labute approximate surface area is 93.1 Å². The first-order valence-electron chi connectivity index (χ1n) is 6.01. The molecule has 1 aromatic carbocycles. The van der Waals surface area contributed by atoms with Crippen LogP contribution in [0.15, 0.2) is 30.3 Å². The molecule has 15 heavy (non-hydrogen) atoms. The second-order valence-electron chi connectivity index (χ2n) is 4.88. The van der Waals surface area contributed by atoms with Gasteiger partial charge in [-0.25, -0.2) is 0 Å². The van der Waals surface area contributed by atoms with Crippen LogP contribution in [0.5, 0.6) is 0 Å². The molecule has 1 heterocycles. The minimum absolute atomic E-state index is 0.435. The van der Waals surface area contributed by atoms with Gasteiger partial charge in [0.15, 0.2) is 0 Å². The first kappa shape index (κ1) is 10.7. The van der Waals surface area contributed by atoms with E-state index >= 15 is 0 Å². The molecule has 0 spiro atoms. The lowest BCUT2D eigenvalue weighted by molar-refractivity contribution is 0.351. The van der Waals surface area contributed by atoms with Crippen LogP contribution in [-0.4, -0.2) is 25.0 Å². The lowest BCUT2D eigenvalue weighted by Gasteiger charge is -2.29. The Hall–Kier alpha value is -0.820. The van der Waals surface area contributed by atoms with E-state index in [-0.39, 0.29) is 0 Å². The molecule has 1 nitrogen and oxygen atoms in total. The van der Waals surface area contributed by atoms with E-state index in [0.717, 1.165) is 0 Å². The highest BCUT2D eigenvalue weighted by Crippen LogP contribution is 2.37. The number of likely N-dealkylation sites (N-methyl/N-ethyl adjacent to an activating group) is 1. The molecule has 82 valence electrons. The van der Waals surface area contributed by atoms with Crippen LogP contribution < -0.4 is 0 Å². The van der Waals surface area contributed by atoms with Gasteiger partial charge in [0.05, 0.1) is 0 Å². The van der Waals surface area contributed by atoms with Crippen LogP contribution in [0.25, 0.3) is 0 Å². The predicted molar refractivity (Wildman–Crippen MR) is 65.1 cm³/mol. The Morgan fingerprint density at radius 1 is 1.27 bits per heavy atom. The summed E-state index contributed by atoms with van der Waals surface area (Å²) in [5, 5.41) is 0. The van der Waals surface area contributed by atoms with E-state index in [2.05, 4.69) is 49.2 Å². The first-order valence-corrected chi connectivity index (χ1v) is 6.01. The summed E-state index contributed by atoms with van der Waals surface area (Å²) in [6, 6.07) is 11.1. The summed E-state index contributed by atoms with van der Waals surface area (Å²) in [6.45, 7) is 4.77. The van der Waals surface area contributed by atoms with Crippen LogP contribution in [0.4, 0.5) is 0 Å². The van der Waals surface area contributed by atoms with Gasteiger partial charge in [0.2, 0.25) is 0 Å². The van der Waals surface area contributed by atoms with Crippen molar-refractivity contribution < 1.29 is 0 Å². The molecule has 1 fully saturated rings. The van der Waals surface area contributed by atoms with Crippen molar-refractivity contribution >= 4 is 0 Å². The van der Waals surface area contributed by atoms with E-state index in [1.165, 1.54) is 37.9 Å². The molecule has 1 saturated heterocycles. The van der Waals surface area contributed by atoms with Crippen LogP contribution >= 0.6 is 0 Å². The van der Waals surface area contributed by atoms with Crippen LogP contribution in [0.3, 0.4) is 0 Å². The molecule has 1 aliphatic rings. The van der Waals surface area contributed by atoms with Gasteiger partial charge < -0.3 is 4.90 Å². The lowest BCUT2D eigenvalue weighted by atomic mass is 9.76. The third-order valence-electron chi connectivity index (χ3n) is 3.66. The van der Waals surface area contributed by atoms with Crippen molar-refractivity contribution in [1.29, 1.82) is 0 Å². The zero-order valence-corrected chi connectivity index (χ0v) is 9.87. The van der Waals surface area contributed by atoms with Crippen molar-refractivity contribution in [3.63, 3.8) is 0 Å². The molecule has 1 aliphatic heterocycles. The average molecular weight is 203 g/mol. The Morgan fingerprint density at radius 2 is 2.00 bits per heavy atom. The number of hydrogen-bond acceptors (Lipinski definition) is 1. The summed E-state index contributed by atoms with van der Waals surface area (Å²) >= 11 is 0. The Kier molecular flexibility index (Phi) is 3.11. The number of benzene rings is 1. The predicted octanol–water partition coefficient (Wildman–Crippen LogP) is 3.06. The van der Waals surface area contributed by atoms with Gasteiger partial charge in [-0.3, -0.25) is 0 Å². The van der Waals surface area contributed by atoms with Crippen LogP contribution in [-0.2, 0) is 5.41 Å². The number of hydrogen-bond donors (Lipinski definition) is 0. The summed E-state index contributed by atoms with van der Waals surface area (Å²) in [4.78, 5) is 2.46. The summed E-state index contributed by atoms with van der Waals surface area (Å²) in [5.41, 5.74) is 1.97. The molecular weight excluding hydrogens is 182 g/mol. The van der Waals surface area contributed by atoms with Crippen molar-refractivity contribution in [3.8, 4) is 0 Å². The van der Waals surface area contributed by atoms with Gasteiger partial charge in [0.1, 0.15) is 0 Å². The molecule has 1 heteroatoms. The van der Waals surface area contributed by atoms with Gasteiger partial charge in [0, 0.05) is 12.0 Å². The third kappa shape index (κ3) is 2.07. The maximum absolute atomic E-state index is 2.46. The van der Waals surface area contributed by atoms with Gasteiger partial charge in [-0.15, -0.1) is 0 Å². The number of nitrogens with zero attached hydrogens (tertiary/aromatic N) is 1. The monoisotopic (exact) mass is 203 g/mol. The largest absolute Gasteiger partial charge is 0.305 e. The van der Waals surface area contributed by atoms with Crippen LogP contribution in [0, 0.1) is 0 Å². The van der Waals surface area contributed by atoms with Crippen molar-refractivity contribution in [2.75, 3.05) is 20.1 Å². The van der Waals surface area contributed by atoms with Gasteiger partial charge >= 0.3 is 0 Å².